The third-order valence-electron chi connectivity index (χ3n) is 8.91. The lowest BCUT2D eigenvalue weighted by atomic mass is 9.99. The Kier molecular flexibility index (Phi) is 4.93. The van der Waals surface area contributed by atoms with E-state index in [2.05, 4.69) is 117 Å². The molecule has 0 radical (unpaired) electrons. The summed E-state index contributed by atoms with van der Waals surface area (Å²) in [6.07, 6.45) is 6.33. The van der Waals surface area contributed by atoms with Crippen LogP contribution in [0.3, 0.4) is 0 Å². The first-order chi connectivity index (χ1) is 21.2. The second kappa shape index (κ2) is 8.87. The number of aromatic nitrogens is 2. The molecule has 0 unspecified atom stereocenters. The van der Waals surface area contributed by atoms with Gasteiger partial charge in [-0.15, -0.1) is 0 Å². The Morgan fingerprint density at radius 1 is 0.698 bits per heavy atom. The number of hydrazone groups is 1. The number of para-hydroxylation sites is 2. The molecule has 0 bridgehead atoms. The lowest BCUT2D eigenvalue weighted by Crippen LogP contribution is -2.15. The molecule has 0 saturated carbocycles. The molecule has 206 valence electrons. The number of aryl methyl sites for hydroxylation is 1. The van der Waals surface area contributed by atoms with Gasteiger partial charge >= 0.3 is 0 Å². The third kappa shape index (κ3) is 3.32. The van der Waals surface area contributed by atoms with Crippen LogP contribution in [0.15, 0.2) is 119 Å². The number of furan rings is 1. The van der Waals surface area contributed by atoms with Gasteiger partial charge in [0.05, 0.1) is 22.1 Å². The summed E-state index contributed by atoms with van der Waals surface area (Å²) in [5, 5.41) is 9.71. The third-order valence-corrected chi connectivity index (χ3v) is 8.91. The van der Waals surface area contributed by atoms with Crippen molar-refractivity contribution in [3.8, 4) is 11.4 Å². The van der Waals surface area contributed by atoms with E-state index in [0.717, 1.165) is 57.7 Å². The van der Waals surface area contributed by atoms with E-state index in [0.29, 0.717) is 5.84 Å². The topological polar surface area (TPSA) is 87.4 Å². The minimum atomic E-state index is 0.310. The van der Waals surface area contributed by atoms with Gasteiger partial charge in [-0.25, -0.2) is 0 Å². The predicted molar refractivity (Wildman–Crippen MR) is 177 cm³/mol. The normalized spacial score (nSPS) is 13.6. The van der Waals surface area contributed by atoms with Crippen LogP contribution in [0.25, 0.3) is 72.0 Å². The Bertz CT molecular complexity index is 2460. The number of hydrogen-bond acceptors (Lipinski definition) is 3. The second-order valence-electron chi connectivity index (χ2n) is 11.2. The molecule has 4 N–H and O–H groups in total. The number of benzene rings is 5. The highest BCUT2D eigenvalue weighted by Crippen LogP contribution is 2.44. The average molecular weight is 558 g/mol. The fraction of sp³-hybridized carbons (Fsp3) is 0.0541. The summed E-state index contributed by atoms with van der Waals surface area (Å²) in [4.78, 5) is 0. The fourth-order valence-electron chi connectivity index (χ4n) is 7.01. The molecule has 0 spiro atoms. The lowest BCUT2D eigenvalue weighted by molar-refractivity contribution is 0.595. The van der Waals surface area contributed by atoms with E-state index < -0.39 is 0 Å². The fourth-order valence-corrected chi connectivity index (χ4v) is 7.01. The summed E-state index contributed by atoms with van der Waals surface area (Å²) in [5.74, 6) is 6.76. The molecule has 3 aromatic heterocycles. The van der Waals surface area contributed by atoms with Crippen molar-refractivity contribution >= 4 is 66.5 Å². The van der Waals surface area contributed by atoms with E-state index in [-0.39, 0.29) is 0 Å². The Hall–Kier alpha value is -5.75. The second-order valence-corrected chi connectivity index (χ2v) is 11.2. The van der Waals surface area contributed by atoms with Crippen molar-refractivity contribution in [2.45, 2.75) is 12.8 Å². The van der Waals surface area contributed by atoms with Gasteiger partial charge in [0.15, 0.2) is 0 Å². The number of fused-ring (bicyclic) bond motifs is 10. The number of rotatable bonds is 3. The molecular weight excluding hydrogens is 530 g/mol. The van der Waals surface area contributed by atoms with Gasteiger partial charge in [-0.1, -0.05) is 48.5 Å². The summed E-state index contributed by atoms with van der Waals surface area (Å²) in [6.45, 7) is 0. The molecule has 0 aliphatic heterocycles. The van der Waals surface area contributed by atoms with Crippen molar-refractivity contribution in [2.75, 3.05) is 0 Å². The van der Waals surface area contributed by atoms with Crippen LogP contribution >= 0.6 is 0 Å². The standard InChI is InChI=1S/C37H27N5O/c38-37(40-39)22-14-16-24(17-15-22)42-30-12-6-4-10-25(30)27-18-19-31-35(36(27)42)29-20-28-26-11-5-7-13-33(26)43-34(28)21-32(29)41(31)23-8-2-1-3-9-23/h1-4,6-10,12-21H,5,11,39H2,(H2,38,40). The van der Waals surface area contributed by atoms with Gasteiger partial charge in [-0.2, -0.15) is 5.10 Å². The molecule has 3 heterocycles. The summed E-state index contributed by atoms with van der Waals surface area (Å²) in [7, 11) is 0. The van der Waals surface area contributed by atoms with Crippen LogP contribution in [-0.4, -0.2) is 15.0 Å². The quantitative estimate of drug-likeness (QED) is 0.0994. The Labute approximate surface area is 246 Å². The van der Waals surface area contributed by atoms with E-state index in [1.807, 2.05) is 12.1 Å². The number of allylic oxidation sites excluding steroid dienone is 1. The number of nitrogens with zero attached hydrogens (tertiary/aromatic N) is 3. The average Bonchev–Trinajstić information content (AvgIpc) is 3.71. The van der Waals surface area contributed by atoms with E-state index in [1.54, 1.807) is 0 Å². The van der Waals surface area contributed by atoms with Crippen molar-refractivity contribution in [1.29, 1.82) is 0 Å². The highest BCUT2D eigenvalue weighted by atomic mass is 16.3. The van der Waals surface area contributed by atoms with E-state index in [9.17, 15) is 0 Å². The highest BCUT2D eigenvalue weighted by molar-refractivity contribution is 6.27. The SMILES string of the molecule is N/N=C(\N)c1ccc(-n2c3ccccc3c3ccc4c(c5cc6c7c(oc6cc5n4-c4ccccc4)C=CCC7)c32)cc1. The van der Waals surface area contributed by atoms with Gasteiger partial charge in [0.1, 0.15) is 17.2 Å². The Morgan fingerprint density at radius 3 is 2.33 bits per heavy atom. The van der Waals surface area contributed by atoms with Gasteiger partial charge in [0.25, 0.3) is 0 Å². The van der Waals surface area contributed by atoms with Crippen LogP contribution in [0, 0.1) is 0 Å². The van der Waals surface area contributed by atoms with Gasteiger partial charge in [0.2, 0.25) is 0 Å². The lowest BCUT2D eigenvalue weighted by Gasteiger charge is -2.11. The van der Waals surface area contributed by atoms with Gasteiger partial charge in [-0.3, -0.25) is 0 Å². The first kappa shape index (κ1) is 23.9. The van der Waals surface area contributed by atoms with Gasteiger partial charge in [-0.05, 0) is 73.5 Å². The zero-order chi connectivity index (χ0) is 28.7. The zero-order valence-corrected chi connectivity index (χ0v) is 23.3. The predicted octanol–water partition coefficient (Wildman–Crippen LogP) is 8.17. The summed E-state index contributed by atoms with van der Waals surface area (Å²) in [6, 6.07) is 36.4. The maximum atomic E-state index is 6.42. The molecule has 9 rings (SSSR count). The molecule has 0 saturated heterocycles. The van der Waals surface area contributed by atoms with Crippen LogP contribution in [-0.2, 0) is 6.42 Å². The van der Waals surface area contributed by atoms with Crippen molar-refractivity contribution in [3.05, 3.63) is 126 Å². The smallest absolute Gasteiger partial charge is 0.150 e. The molecule has 0 fully saturated rings. The highest BCUT2D eigenvalue weighted by Gasteiger charge is 2.23. The first-order valence-electron chi connectivity index (χ1n) is 14.5. The minimum absolute atomic E-state index is 0.310. The molecule has 1 aliphatic rings. The molecule has 8 aromatic rings. The van der Waals surface area contributed by atoms with Gasteiger partial charge < -0.3 is 25.1 Å². The van der Waals surface area contributed by atoms with Gasteiger partial charge in [0, 0.05) is 55.5 Å². The van der Waals surface area contributed by atoms with Crippen molar-refractivity contribution < 1.29 is 4.42 Å². The van der Waals surface area contributed by atoms with E-state index >= 15 is 0 Å². The molecule has 0 amide bonds. The molecule has 5 aromatic carbocycles. The zero-order valence-electron chi connectivity index (χ0n) is 23.3. The van der Waals surface area contributed by atoms with Crippen LogP contribution in [0.4, 0.5) is 0 Å². The summed E-state index contributed by atoms with van der Waals surface area (Å²) < 4.78 is 11.2. The van der Waals surface area contributed by atoms with Crippen LogP contribution in [0.5, 0.6) is 0 Å². The maximum Gasteiger partial charge on any atom is 0.150 e. The van der Waals surface area contributed by atoms with Crippen LogP contribution in [0.1, 0.15) is 23.3 Å². The Balaban J connectivity index is 1.48. The van der Waals surface area contributed by atoms with E-state index in [1.165, 1.54) is 38.0 Å². The van der Waals surface area contributed by atoms with Crippen LogP contribution in [0.2, 0.25) is 0 Å². The number of amidine groups is 1. The largest absolute Gasteiger partial charge is 0.456 e. The monoisotopic (exact) mass is 557 g/mol. The molecule has 0 atom stereocenters. The maximum absolute atomic E-state index is 6.42. The summed E-state index contributed by atoms with van der Waals surface area (Å²) in [5.41, 5.74) is 15.8. The van der Waals surface area contributed by atoms with E-state index in [4.69, 9.17) is 16.0 Å². The molecule has 6 nitrogen and oxygen atoms in total. The first-order valence-corrected chi connectivity index (χ1v) is 14.5. The van der Waals surface area contributed by atoms with Crippen molar-refractivity contribution in [2.24, 2.45) is 16.7 Å². The van der Waals surface area contributed by atoms with Crippen LogP contribution < -0.4 is 11.6 Å². The van der Waals surface area contributed by atoms with Crippen molar-refractivity contribution in [1.82, 2.24) is 9.13 Å². The number of nitrogens with two attached hydrogens (primary N) is 2. The molecular formula is C37H27N5O. The number of hydrogen-bond donors (Lipinski definition) is 2. The molecule has 6 heteroatoms. The minimum Gasteiger partial charge on any atom is -0.456 e. The molecule has 1 aliphatic carbocycles. The molecule has 43 heavy (non-hydrogen) atoms. The summed E-state index contributed by atoms with van der Waals surface area (Å²) >= 11 is 0. The van der Waals surface area contributed by atoms with Crippen molar-refractivity contribution in [3.63, 3.8) is 0 Å². The Morgan fingerprint density at radius 2 is 1.49 bits per heavy atom.